The Balaban J connectivity index is 3.93. The van der Waals surface area contributed by atoms with E-state index in [1.54, 1.807) is 0 Å². The number of phosphoric acid groups is 1. The van der Waals surface area contributed by atoms with Crippen LogP contribution in [0.25, 0.3) is 0 Å². The van der Waals surface area contributed by atoms with Crippen molar-refractivity contribution < 1.29 is 32.9 Å². The zero-order valence-electron chi connectivity index (χ0n) is 52.0. The third kappa shape index (κ3) is 61.9. The number of rotatable bonds is 62. The molecule has 1 amide bonds. The molecule has 0 saturated heterocycles. The van der Waals surface area contributed by atoms with E-state index >= 15 is 0 Å². The number of nitrogens with one attached hydrogen (secondary N) is 1. The lowest BCUT2D eigenvalue weighted by Crippen LogP contribution is -2.46. The van der Waals surface area contributed by atoms with Crippen molar-refractivity contribution in [2.45, 2.75) is 341 Å². The average molecular weight is 1100 g/mol. The molecular weight excluding hydrogens is 972 g/mol. The predicted octanol–water partition coefficient (Wildman–Crippen LogP) is 21.1. The van der Waals surface area contributed by atoms with Gasteiger partial charge >= 0.3 is 7.82 Å². The van der Waals surface area contributed by atoms with Crippen molar-refractivity contribution in [2.75, 3.05) is 40.9 Å². The van der Waals surface area contributed by atoms with E-state index in [2.05, 4.69) is 67.8 Å². The van der Waals surface area contributed by atoms with Gasteiger partial charge in [-0.15, -0.1) is 0 Å². The fourth-order valence-electron chi connectivity index (χ4n) is 10.2. The molecule has 0 aliphatic rings. The second kappa shape index (κ2) is 59.1. The molecule has 3 unspecified atom stereocenters. The van der Waals surface area contributed by atoms with Gasteiger partial charge in [-0.3, -0.25) is 13.8 Å². The van der Waals surface area contributed by atoms with Gasteiger partial charge in [-0.2, -0.15) is 0 Å². The number of hydrogen-bond acceptors (Lipinski definition) is 5. The SMILES string of the molecule is CC/C=C\C/C=C\C/C=C\C/C=C\CCCCCCCCCCCCCCCCCCCCCCCCCCC(=O)NC(COP(=O)(O)OCC[N+](C)(C)C)C(O)CCCCCCCCCCCCCCCCCCCC. The number of carbonyl (C=O) groups excluding carboxylic acids is 1. The lowest BCUT2D eigenvalue weighted by Gasteiger charge is -2.26. The van der Waals surface area contributed by atoms with Crippen molar-refractivity contribution in [1.82, 2.24) is 5.32 Å². The van der Waals surface area contributed by atoms with Crippen molar-refractivity contribution >= 4 is 13.7 Å². The smallest absolute Gasteiger partial charge is 0.391 e. The first-order valence-electron chi connectivity index (χ1n) is 33.5. The van der Waals surface area contributed by atoms with Crippen LogP contribution in [0, 0.1) is 0 Å². The number of allylic oxidation sites excluding steroid dienone is 8. The first kappa shape index (κ1) is 75.5. The van der Waals surface area contributed by atoms with Crippen LogP contribution in [0.4, 0.5) is 0 Å². The van der Waals surface area contributed by atoms with Crippen molar-refractivity contribution in [3.8, 4) is 0 Å². The summed E-state index contributed by atoms with van der Waals surface area (Å²) in [5.74, 6) is -0.138. The minimum absolute atomic E-state index is 0.0767. The van der Waals surface area contributed by atoms with E-state index in [1.807, 2.05) is 21.1 Å². The number of carbonyl (C=O) groups is 1. The Morgan fingerprint density at radius 1 is 0.455 bits per heavy atom. The number of likely N-dealkylation sites (N-methyl/N-ethyl adjacent to an activating group) is 1. The average Bonchev–Trinajstić information content (AvgIpc) is 3.39. The van der Waals surface area contributed by atoms with Gasteiger partial charge in [0.15, 0.2) is 0 Å². The first-order chi connectivity index (χ1) is 37.5. The molecule has 0 aliphatic carbocycles. The Bertz CT molecular complexity index is 1390. The van der Waals surface area contributed by atoms with E-state index in [9.17, 15) is 19.4 Å². The topological polar surface area (TPSA) is 105 Å². The van der Waals surface area contributed by atoms with E-state index in [-0.39, 0.29) is 19.1 Å². The van der Waals surface area contributed by atoms with Crippen molar-refractivity contribution in [3.63, 3.8) is 0 Å². The van der Waals surface area contributed by atoms with Crippen LogP contribution in [-0.2, 0) is 18.4 Å². The van der Waals surface area contributed by atoms with E-state index in [0.717, 1.165) is 64.2 Å². The molecule has 0 aromatic rings. The zero-order valence-corrected chi connectivity index (χ0v) is 52.9. The second-order valence-electron chi connectivity index (χ2n) is 24.2. The lowest BCUT2D eigenvalue weighted by molar-refractivity contribution is -0.870. The quantitative estimate of drug-likeness (QED) is 0.0243. The number of aliphatic hydroxyl groups excluding tert-OH is 1. The fourth-order valence-corrected chi connectivity index (χ4v) is 10.9. The summed E-state index contributed by atoms with van der Waals surface area (Å²) in [6.07, 6.45) is 79.2. The van der Waals surface area contributed by atoms with Gasteiger partial charge in [-0.1, -0.05) is 319 Å². The number of phosphoric ester groups is 1. The Labute approximate surface area is 479 Å². The van der Waals surface area contributed by atoms with Crippen LogP contribution >= 0.6 is 7.82 Å². The highest BCUT2D eigenvalue weighted by Crippen LogP contribution is 2.43. The fraction of sp³-hybridized carbons (Fsp3) is 0.868. The maximum atomic E-state index is 13.0. The standard InChI is InChI=1S/C68H131N2O6P/c1-6-8-10-12-14-16-18-20-22-24-26-27-28-29-30-31-32-33-34-35-36-37-38-39-40-41-42-43-44-46-48-50-52-54-56-58-60-62-68(72)69-66(65-76-77(73,74)75-64-63-70(3,4)5)67(71)61-59-57-55-53-51-49-47-45-25-23-21-19-17-15-13-11-9-7-2/h8,10,14,16,20,22,26-27,66-67,71H,6-7,9,11-13,15,17-19,21,23-25,28-65H2,1-5H3,(H-,69,72,73,74)/p+1/b10-8-,16-14-,22-20-,27-26-. The third-order valence-electron chi connectivity index (χ3n) is 15.3. The second-order valence-corrected chi connectivity index (χ2v) is 25.6. The Morgan fingerprint density at radius 2 is 0.779 bits per heavy atom. The van der Waals surface area contributed by atoms with Gasteiger partial charge in [0.05, 0.1) is 39.9 Å². The van der Waals surface area contributed by atoms with Gasteiger partial charge in [0.25, 0.3) is 0 Å². The molecular formula is C68H132N2O6P+. The number of nitrogens with zero attached hydrogens (tertiary/aromatic N) is 1. The van der Waals surface area contributed by atoms with Crippen LogP contribution in [0.5, 0.6) is 0 Å². The molecule has 0 radical (unpaired) electrons. The van der Waals surface area contributed by atoms with Crippen LogP contribution in [0.3, 0.4) is 0 Å². The van der Waals surface area contributed by atoms with E-state index < -0.39 is 20.0 Å². The summed E-state index contributed by atoms with van der Waals surface area (Å²) in [6.45, 7) is 4.82. The molecule has 0 saturated carbocycles. The van der Waals surface area contributed by atoms with Gasteiger partial charge in [0.2, 0.25) is 5.91 Å². The van der Waals surface area contributed by atoms with Gasteiger partial charge in [0.1, 0.15) is 13.2 Å². The van der Waals surface area contributed by atoms with Crippen LogP contribution in [-0.4, -0.2) is 73.4 Å². The molecule has 0 aromatic heterocycles. The molecule has 0 fully saturated rings. The molecule has 0 aromatic carbocycles. The highest BCUT2D eigenvalue weighted by atomic mass is 31.2. The minimum atomic E-state index is -4.32. The predicted molar refractivity (Wildman–Crippen MR) is 337 cm³/mol. The van der Waals surface area contributed by atoms with E-state index in [1.165, 1.54) is 238 Å². The van der Waals surface area contributed by atoms with Crippen LogP contribution in [0.2, 0.25) is 0 Å². The molecule has 0 heterocycles. The van der Waals surface area contributed by atoms with E-state index in [0.29, 0.717) is 23.9 Å². The zero-order chi connectivity index (χ0) is 56.3. The summed E-state index contributed by atoms with van der Waals surface area (Å²) in [4.78, 5) is 23.4. The molecule has 3 atom stereocenters. The van der Waals surface area contributed by atoms with Crippen LogP contribution < -0.4 is 5.32 Å². The summed E-state index contributed by atoms with van der Waals surface area (Å²) in [6, 6.07) is -0.759. The molecule has 0 aliphatic heterocycles. The maximum Gasteiger partial charge on any atom is 0.472 e. The van der Waals surface area contributed by atoms with Gasteiger partial charge in [-0.05, 0) is 51.4 Å². The van der Waals surface area contributed by atoms with Crippen molar-refractivity contribution in [2.24, 2.45) is 0 Å². The summed E-state index contributed by atoms with van der Waals surface area (Å²) in [5, 5.41) is 14.1. The normalized spacial score (nSPS) is 14.0. The number of aliphatic hydroxyl groups is 1. The van der Waals surface area contributed by atoms with Crippen molar-refractivity contribution in [3.05, 3.63) is 48.6 Å². The summed E-state index contributed by atoms with van der Waals surface area (Å²) >= 11 is 0. The summed E-state index contributed by atoms with van der Waals surface area (Å²) < 4.78 is 23.8. The largest absolute Gasteiger partial charge is 0.472 e. The van der Waals surface area contributed by atoms with Gasteiger partial charge < -0.3 is 19.8 Å². The lowest BCUT2D eigenvalue weighted by atomic mass is 10.0. The number of unbranched alkanes of at least 4 members (excludes halogenated alkanes) is 41. The first-order valence-corrected chi connectivity index (χ1v) is 35.0. The Kier molecular flexibility index (Phi) is 57.9. The molecule has 8 nitrogen and oxygen atoms in total. The Morgan fingerprint density at radius 3 is 1.14 bits per heavy atom. The molecule has 77 heavy (non-hydrogen) atoms. The Hall–Kier alpha value is -1.54. The van der Waals surface area contributed by atoms with Crippen LogP contribution in [0.15, 0.2) is 48.6 Å². The third-order valence-corrected chi connectivity index (χ3v) is 16.3. The monoisotopic (exact) mass is 1100 g/mol. The van der Waals surface area contributed by atoms with Gasteiger partial charge in [0, 0.05) is 6.42 Å². The number of hydrogen-bond donors (Lipinski definition) is 3. The molecule has 9 heteroatoms. The minimum Gasteiger partial charge on any atom is -0.391 e. The maximum absolute atomic E-state index is 13.0. The molecule has 454 valence electrons. The molecule has 0 bridgehead atoms. The molecule has 0 spiro atoms. The number of amides is 1. The van der Waals surface area contributed by atoms with Gasteiger partial charge in [-0.25, -0.2) is 4.57 Å². The summed E-state index contributed by atoms with van der Waals surface area (Å²) in [5.41, 5.74) is 0. The highest BCUT2D eigenvalue weighted by molar-refractivity contribution is 7.47. The molecule has 3 N–H and O–H groups in total. The van der Waals surface area contributed by atoms with Crippen molar-refractivity contribution in [1.29, 1.82) is 0 Å². The van der Waals surface area contributed by atoms with Crippen LogP contribution in [0.1, 0.15) is 328 Å². The molecule has 0 rings (SSSR count). The highest BCUT2D eigenvalue weighted by Gasteiger charge is 2.28. The summed E-state index contributed by atoms with van der Waals surface area (Å²) in [7, 11) is 1.63. The number of quaternary nitrogens is 1. The van der Waals surface area contributed by atoms with E-state index in [4.69, 9.17) is 9.05 Å².